The van der Waals surface area contributed by atoms with Crippen LogP contribution in [0.25, 0.3) is 0 Å². The van der Waals surface area contributed by atoms with E-state index in [4.69, 9.17) is 5.73 Å². The molecule has 0 fully saturated rings. The second-order valence-electron chi connectivity index (χ2n) is 5.95. The summed E-state index contributed by atoms with van der Waals surface area (Å²) in [6.07, 6.45) is 2.46. The van der Waals surface area contributed by atoms with Crippen LogP contribution in [0.2, 0.25) is 0 Å². The van der Waals surface area contributed by atoms with E-state index >= 15 is 0 Å². The lowest BCUT2D eigenvalue weighted by Gasteiger charge is -2.37. The standard InChI is InChI=1S/C16H20N4/c1-10(2)5-14-13(11(3)4)6-12(7-17)15(20)16(14,8-18)9-19/h6,10-11,14H,5,20H2,1-4H3/t14-/m1/s1. The van der Waals surface area contributed by atoms with Gasteiger partial charge in [-0.25, -0.2) is 0 Å². The van der Waals surface area contributed by atoms with Crippen molar-refractivity contribution in [1.82, 2.24) is 0 Å². The van der Waals surface area contributed by atoms with E-state index in [-0.39, 0.29) is 23.1 Å². The second-order valence-corrected chi connectivity index (χ2v) is 5.95. The molecule has 1 rings (SSSR count). The van der Waals surface area contributed by atoms with Gasteiger partial charge in [-0.3, -0.25) is 0 Å². The molecule has 0 saturated carbocycles. The highest BCUT2D eigenvalue weighted by Crippen LogP contribution is 2.47. The number of hydrogen-bond donors (Lipinski definition) is 1. The highest BCUT2D eigenvalue weighted by Gasteiger charge is 2.48. The molecule has 0 aliphatic heterocycles. The van der Waals surface area contributed by atoms with Gasteiger partial charge >= 0.3 is 0 Å². The summed E-state index contributed by atoms with van der Waals surface area (Å²) in [5.41, 5.74) is 5.87. The molecule has 0 heterocycles. The van der Waals surface area contributed by atoms with Gasteiger partial charge in [0.1, 0.15) is 6.07 Å². The molecule has 20 heavy (non-hydrogen) atoms. The third kappa shape index (κ3) is 2.40. The highest BCUT2D eigenvalue weighted by molar-refractivity contribution is 5.53. The minimum absolute atomic E-state index is 0.0973. The van der Waals surface area contributed by atoms with Crippen molar-refractivity contribution in [3.63, 3.8) is 0 Å². The number of nitriles is 3. The summed E-state index contributed by atoms with van der Waals surface area (Å²) in [5, 5.41) is 28.4. The number of allylic oxidation sites excluding steroid dienone is 4. The van der Waals surface area contributed by atoms with Crippen LogP contribution in [0.15, 0.2) is 22.9 Å². The Morgan fingerprint density at radius 2 is 1.75 bits per heavy atom. The first-order chi connectivity index (χ1) is 9.33. The first kappa shape index (κ1) is 15.8. The molecule has 0 amide bonds. The maximum absolute atomic E-state index is 9.58. The number of hydrogen-bond acceptors (Lipinski definition) is 4. The summed E-state index contributed by atoms with van der Waals surface area (Å²) in [5.74, 6) is 0.241. The first-order valence-electron chi connectivity index (χ1n) is 6.78. The lowest BCUT2D eigenvalue weighted by Crippen LogP contribution is -2.39. The molecular weight excluding hydrogens is 248 g/mol. The molecule has 0 bridgehead atoms. The Morgan fingerprint density at radius 1 is 1.20 bits per heavy atom. The van der Waals surface area contributed by atoms with Crippen LogP contribution in [0, 0.1) is 57.2 Å². The number of rotatable bonds is 3. The van der Waals surface area contributed by atoms with E-state index in [1.807, 2.05) is 19.9 Å². The van der Waals surface area contributed by atoms with Crippen molar-refractivity contribution in [3.05, 3.63) is 22.9 Å². The van der Waals surface area contributed by atoms with E-state index in [9.17, 15) is 15.8 Å². The SMILES string of the molecule is CC(C)C[C@@H]1C(C(C)C)=CC(C#N)=C(N)C1(C#N)C#N. The van der Waals surface area contributed by atoms with Gasteiger partial charge in [-0.05, 0) is 24.3 Å². The van der Waals surface area contributed by atoms with Gasteiger partial charge in [-0.1, -0.05) is 33.3 Å². The summed E-state index contributed by atoms with van der Waals surface area (Å²) in [7, 11) is 0. The predicted octanol–water partition coefficient (Wildman–Crippen LogP) is 3.01. The zero-order valence-corrected chi connectivity index (χ0v) is 12.4. The molecule has 104 valence electrons. The van der Waals surface area contributed by atoms with Crippen LogP contribution in [0.3, 0.4) is 0 Å². The van der Waals surface area contributed by atoms with Crippen molar-refractivity contribution in [2.45, 2.75) is 34.1 Å². The van der Waals surface area contributed by atoms with E-state index in [0.29, 0.717) is 12.3 Å². The van der Waals surface area contributed by atoms with Crippen molar-refractivity contribution in [1.29, 1.82) is 15.8 Å². The van der Waals surface area contributed by atoms with Crippen molar-refractivity contribution >= 4 is 0 Å². The second kappa shape index (κ2) is 5.81. The van der Waals surface area contributed by atoms with Gasteiger partial charge in [-0.15, -0.1) is 0 Å². The molecule has 0 aromatic heterocycles. The zero-order chi connectivity index (χ0) is 15.5. The van der Waals surface area contributed by atoms with Gasteiger partial charge in [-0.2, -0.15) is 15.8 Å². The van der Waals surface area contributed by atoms with Crippen molar-refractivity contribution in [2.75, 3.05) is 0 Å². The molecule has 4 heteroatoms. The van der Waals surface area contributed by atoms with Crippen LogP contribution >= 0.6 is 0 Å². The fourth-order valence-electron chi connectivity index (χ4n) is 2.74. The fourth-order valence-corrected chi connectivity index (χ4v) is 2.74. The van der Waals surface area contributed by atoms with Gasteiger partial charge in [0.25, 0.3) is 0 Å². The minimum Gasteiger partial charge on any atom is -0.399 e. The van der Waals surface area contributed by atoms with Crippen molar-refractivity contribution in [2.24, 2.45) is 28.9 Å². The first-order valence-corrected chi connectivity index (χ1v) is 6.78. The summed E-state index contributed by atoms with van der Waals surface area (Å²) < 4.78 is 0. The third-order valence-electron chi connectivity index (χ3n) is 3.80. The quantitative estimate of drug-likeness (QED) is 0.850. The Morgan fingerprint density at radius 3 is 2.10 bits per heavy atom. The number of nitrogens with zero attached hydrogens (tertiary/aromatic N) is 3. The molecule has 4 nitrogen and oxygen atoms in total. The van der Waals surface area contributed by atoms with E-state index in [1.54, 1.807) is 6.08 Å². The van der Waals surface area contributed by atoms with Gasteiger partial charge in [0, 0.05) is 5.92 Å². The topological polar surface area (TPSA) is 97.4 Å². The Hall–Kier alpha value is -2.25. The average molecular weight is 268 g/mol. The molecule has 0 spiro atoms. The lowest BCUT2D eigenvalue weighted by atomic mass is 9.62. The fraction of sp³-hybridized carbons (Fsp3) is 0.562. The average Bonchev–Trinajstić information content (AvgIpc) is 2.39. The summed E-state index contributed by atoms with van der Waals surface area (Å²) in [6, 6.07) is 6.18. The van der Waals surface area contributed by atoms with E-state index in [0.717, 1.165) is 5.57 Å². The predicted molar refractivity (Wildman–Crippen MR) is 76.4 cm³/mol. The summed E-state index contributed by atoms with van der Waals surface area (Å²) >= 11 is 0. The van der Waals surface area contributed by atoms with Crippen LogP contribution < -0.4 is 5.73 Å². The maximum atomic E-state index is 9.58. The van der Waals surface area contributed by atoms with E-state index in [2.05, 4.69) is 26.0 Å². The summed E-state index contributed by atoms with van der Waals surface area (Å²) in [6.45, 7) is 8.12. The molecule has 0 radical (unpaired) electrons. The van der Waals surface area contributed by atoms with Crippen LogP contribution in [0.1, 0.15) is 34.1 Å². The molecule has 1 aliphatic carbocycles. The Balaban J connectivity index is 3.58. The molecular formula is C16H20N4. The van der Waals surface area contributed by atoms with Gasteiger partial charge in [0.05, 0.1) is 23.4 Å². The van der Waals surface area contributed by atoms with E-state index in [1.165, 1.54) is 0 Å². The van der Waals surface area contributed by atoms with Gasteiger partial charge in [0.2, 0.25) is 0 Å². The highest BCUT2D eigenvalue weighted by atomic mass is 14.7. The van der Waals surface area contributed by atoms with Gasteiger partial charge < -0.3 is 5.73 Å². The molecule has 0 unspecified atom stereocenters. The Labute approximate surface area is 120 Å². The monoisotopic (exact) mass is 268 g/mol. The van der Waals surface area contributed by atoms with Crippen LogP contribution in [0.4, 0.5) is 0 Å². The molecule has 0 aromatic carbocycles. The Kier molecular flexibility index (Phi) is 4.59. The molecule has 1 atom stereocenters. The molecule has 0 saturated heterocycles. The number of nitrogens with two attached hydrogens (primary N) is 1. The van der Waals surface area contributed by atoms with Crippen LogP contribution in [-0.2, 0) is 0 Å². The van der Waals surface area contributed by atoms with E-state index < -0.39 is 5.41 Å². The van der Waals surface area contributed by atoms with Crippen LogP contribution in [-0.4, -0.2) is 0 Å². The molecule has 1 aliphatic rings. The van der Waals surface area contributed by atoms with Crippen molar-refractivity contribution in [3.8, 4) is 18.2 Å². The molecule has 0 aromatic rings. The minimum atomic E-state index is -1.43. The zero-order valence-electron chi connectivity index (χ0n) is 12.4. The largest absolute Gasteiger partial charge is 0.399 e. The maximum Gasteiger partial charge on any atom is 0.190 e. The smallest absolute Gasteiger partial charge is 0.190 e. The van der Waals surface area contributed by atoms with Crippen LogP contribution in [0.5, 0.6) is 0 Å². The third-order valence-corrected chi connectivity index (χ3v) is 3.80. The van der Waals surface area contributed by atoms with Crippen molar-refractivity contribution < 1.29 is 0 Å². The lowest BCUT2D eigenvalue weighted by molar-refractivity contribution is 0.319. The molecule has 2 N–H and O–H groups in total. The summed E-state index contributed by atoms with van der Waals surface area (Å²) in [4.78, 5) is 0. The van der Waals surface area contributed by atoms with Gasteiger partial charge in [0.15, 0.2) is 5.41 Å². The Bertz CT molecular complexity index is 559. The normalized spacial score (nSPS) is 21.1.